The number of rotatable bonds is 10. The summed E-state index contributed by atoms with van der Waals surface area (Å²) in [5.41, 5.74) is 0. The molecule has 0 N–H and O–H groups in total. The van der Waals surface area contributed by atoms with Crippen LogP contribution in [0, 0.1) is 11.8 Å². The van der Waals surface area contributed by atoms with Gasteiger partial charge in [0.2, 0.25) is 0 Å². The third-order valence-corrected chi connectivity index (χ3v) is 22.3. The predicted molar refractivity (Wildman–Crippen MR) is 145 cm³/mol. The van der Waals surface area contributed by atoms with E-state index in [4.69, 9.17) is 25.9 Å². The fraction of sp³-hybridized carbons (Fsp3) is 1.00. The fourth-order valence-electron chi connectivity index (χ4n) is 5.63. The van der Waals surface area contributed by atoms with Crippen molar-refractivity contribution in [3.63, 3.8) is 0 Å². The van der Waals surface area contributed by atoms with Crippen LogP contribution in [0.25, 0.3) is 0 Å². The molecule has 2 unspecified atom stereocenters. The maximum absolute atomic E-state index is 7.00. The van der Waals surface area contributed by atoms with E-state index in [0.717, 1.165) is 64.3 Å². The number of ether oxygens (including phenoxy) is 2. The molecule has 0 aliphatic carbocycles. The van der Waals surface area contributed by atoms with E-state index in [1.807, 2.05) is 0 Å². The van der Waals surface area contributed by atoms with E-state index in [1.54, 1.807) is 0 Å². The lowest BCUT2D eigenvalue weighted by molar-refractivity contribution is -0.00211. The van der Waals surface area contributed by atoms with Crippen LogP contribution in [0.2, 0.25) is 38.3 Å². The first kappa shape index (κ1) is 29.1. The van der Waals surface area contributed by atoms with Crippen LogP contribution in [-0.4, -0.2) is 97.3 Å². The molecule has 3 heterocycles. The summed E-state index contributed by atoms with van der Waals surface area (Å²) in [6.07, 6.45) is 2.61. The lowest BCUT2D eigenvalue weighted by atomic mass is 10.2. The molecule has 3 fully saturated rings. The zero-order valence-electron chi connectivity index (χ0n) is 22.9. The van der Waals surface area contributed by atoms with E-state index >= 15 is 0 Å². The molecule has 3 saturated heterocycles. The summed E-state index contributed by atoms with van der Waals surface area (Å²) < 4.78 is 38.5. The first-order valence-corrected chi connectivity index (χ1v) is 22.3. The highest BCUT2D eigenvalue weighted by Gasteiger charge is 2.48. The van der Waals surface area contributed by atoms with Crippen LogP contribution >= 0.6 is 0 Å². The number of hydrogen-bond acceptors (Lipinski definition) is 8. The Morgan fingerprint density at radius 1 is 0.735 bits per heavy atom. The Bertz CT molecular complexity index is 611. The first-order chi connectivity index (χ1) is 15.9. The topological polar surface area (TPSA) is 61.9 Å². The van der Waals surface area contributed by atoms with Gasteiger partial charge < -0.3 is 25.9 Å². The largest absolute Gasteiger partial charge is 0.420 e. The molecule has 0 spiro atoms. The van der Waals surface area contributed by atoms with Crippen LogP contribution in [-0.2, 0) is 25.9 Å². The summed E-state index contributed by atoms with van der Waals surface area (Å²) in [7, 11) is -8.09. The van der Waals surface area contributed by atoms with E-state index in [1.165, 1.54) is 0 Å². The molecule has 0 aromatic rings. The Balaban J connectivity index is 1.65. The van der Waals surface area contributed by atoms with Crippen molar-refractivity contribution in [3.8, 4) is 0 Å². The van der Waals surface area contributed by atoms with Gasteiger partial charge in [-0.2, -0.15) is 0 Å². The molecule has 200 valence electrons. The Hall–Kier alpha value is 0.548. The second-order valence-corrected chi connectivity index (χ2v) is 24.2. The van der Waals surface area contributed by atoms with Crippen LogP contribution in [0.4, 0.5) is 0 Å². The molecule has 0 aromatic carbocycles. The van der Waals surface area contributed by atoms with Gasteiger partial charge in [-0.1, -0.05) is 27.7 Å². The van der Waals surface area contributed by atoms with Gasteiger partial charge in [0.05, 0.1) is 13.2 Å². The summed E-state index contributed by atoms with van der Waals surface area (Å²) in [6, 6.07) is 1.99. The molecule has 0 bridgehead atoms. The molecule has 0 saturated carbocycles. The van der Waals surface area contributed by atoms with E-state index in [-0.39, 0.29) is 12.5 Å². The van der Waals surface area contributed by atoms with Gasteiger partial charge in [-0.15, -0.1) is 0 Å². The van der Waals surface area contributed by atoms with Gasteiger partial charge in [-0.3, -0.25) is 9.80 Å². The maximum Gasteiger partial charge on any atom is 0.320 e. The molecular weight excluding hydrogens is 501 g/mol. The van der Waals surface area contributed by atoms with Crippen LogP contribution in [0.15, 0.2) is 0 Å². The Labute approximate surface area is 213 Å². The third-order valence-electron chi connectivity index (χ3n) is 6.85. The molecule has 3 aliphatic rings. The lowest BCUT2D eigenvalue weighted by Gasteiger charge is -2.44. The van der Waals surface area contributed by atoms with Gasteiger partial charge >= 0.3 is 25.7 Å². The van der Waals surface area contributed by atoms with Gasteiger partial charge in [0.1, 0.15) is 12.5 Å². The summed E-state index contributed by atoms with van der Waals surface area (Å²) in [5, 5.41) is 0. The summed E-state index contributed by atoms with van der Waals surface area (Å²) in [6.45, 7) is 23.3. The smallest absolute Gasteiger partial charge is 0.320 e. The molecule has 3 rings (SSSR count). The van der Waals surface area contributed by atoms with Crippen LogP contribution in [0.1, 0.15) is 40.5 Å². The minimum Gasteiger partial charge on any atom is -0.420 e. The minimum absolute atomic E-state index is 0.235. The quantitative estimate of drug-likeness (QED) is 0.384. The molecule has 0 amide bonds. The highest BCUT2D eigenvalue weighted by atomic mass is 28.5. The minimum atomic E-state index is -2.44. The van der Waals surface area contributed by atoms with Crippen molar-refractivity contribution in [1.29, 1.82) is 0 Å². The van der Waals surface area contributed by atoms with E-state index in [0.29, 0.717) is 11.8 Å². The average Bonchev–Trinajstić information content (AvgIpc) is 3.35. The van der Waals surface area contributed by atoms with Crippen molar-refractivity contribution in [2.75, 3.05) is 39.4 Å². The second kappa shape index (κ2) is 12.4. The third kappa shape index (κ3) is 8.28. The van der Waals surface area contributed by atoms with Crippen molar-refractivity contribution in [3.05, 3.63) is 0 Å². The maximum atomic E-state index is 7.00. The van der Waals surface area contributed by atoms with Crippen molar-refractivity contribution < 1.29 is 25.9 Å². The Morgan fingerprint density at radius 3 is 1.71 bits per heavy atom. The van der Waals surface area contributed by atoms with Crippen LogP contribution in [0.3, 0.4) is 0 Å². The average molecular weight is 551 g/mol. The molecule has 12 heteroatoms. The standard InChI is InChI=1S/C22H50N2O6Si4/c1-19(2)21-23(13-15-25-21)11-9-17-34(18-10-12-24-14-16-26-22(24)20(3)4)28-31-27-32(5,6)29-33(7,8)30-34/h19-22H,9-18,31H2,1-8H3. The molecule has 3 aliphatic heterocycles. The molecule has 0 radical (unpaired) electrons. The van der Waals surface area contributed by atoms with Crippen LogP contribution in [0.5, 0.6) is 0 Å². The van der Waals surface area contributed by atoms with E-state index < -0.39 is 35.7 Å². The highest BCUT2D eigenvalue weighted by Crippen LogP contribution is 2.32. The van der Waals surface area contributed by atoms with Gasteiger partial charge in [0, 0.05) is 26.2 Å². The molecule has 8 nitrogen and oxygen atoms in total. The second-order valence-electron chi connectivity index (χ2n) is 11.6. The Morgan fingerprint density at radius 2 is 1.24 bits per heavy atom. The Kier molecular flexibility index (Phi) is 10.6. The number of hydrogen-bond donors (Lipinski definition) is 0. The predicted octanol–water partition coefficient (Wildman–Crippen LogP) is 3.32. The molecule has 34 heavy (non-hydrogen) atoms. The van der Waals surface area contributed by atoms with Gasteiger partial charge in [-0.05, 0) is 63.0 Å². The molecule has 2 atom stereocenters. The van der Waals surface area contributed by atoms with Gasteiger partial charge in [0.25, 0.3) is 10.0 Å². The zero-order valence-corrected chi connectivity index (χ0v) is 27.3. The van der Waals surface area contributed by atoms with Gasteiger partial charge in [0.15, 0.2) is 0 Å². The zero-order chi connectivity index (χ0) is 25.0. The lowest BCUT2D eigenvalue weighted by Crippen LogP contribution is -2.60. The van der Waals surface area contributed by atoms with Crippen LogP contribution < -0.4 is 0 Å². The van der Waals surface area contributed by atoms with E-state index in [2.05, 4.69) is 63.7 Å². The summed E-state index contributed by atoms with van der Waals surface area (Å²) in [4.78, 5) is 4.99. The van der Waals surface area contributed by atoms with Crippen molar-refractivity contribution >= 4 is 35.7 Å². The first-order valence-electron chi connectivity index (χ1n) is 13.3. The molecule has 0 aromatic heterocycles. The summed E-state index contributed by atoms with van der Waals surface area (Å²) in [5.74, 6) is 1.01. The van der Waals surface area contributed by atoms with Gasteiger partial charge in [-0.25, -0.2) is 0 Å². The number of nitrogens with zero attached hydrogens (tertiary/aromatic N) is 2. The SMILES string of the molecule is CC(C)C1OCCN1CCC[Si]1(CCCN2CCOC2C(C)C)O[SiH2]O[Si](C)(C)O[Si](C)(C)O1. The highest BCUT2D eigenvalue weighted by molar-refractivity contribution is 6.88. The fourth-order valence-corrected chi connectivity index (χ4v) is 22.4. The van der Waals surface area contributed by atoms with Crippen molar-refractivity contribution in [2.24, 2.45) is 11.8 Å². The summed E-state index contributed by atoms with van der Waals surface area (Å²) >= 11 is 0. The monoisotopic (exact) mass is 550 g/mol. The van der Waals surface area contributed by atoms with E-state index in [9.17, 15) is 0 Å². The molecular formula is C22H50N2O6Si4. The van der Waals surface area contributed by atoms with Crippen molar-refractivity contribution in [2.45, 2.75) is 91.3 Å². The normalized spacial score (nSPS) is 33.7. The van der Waals surface area contributed by atoms with Crippen molar-refractivity contribution in [1.82, 2.24) is 9.80 Å².